The Bertz CT molecular complexity index is 1550. The molecule has 0 aliphatic heterocycles. The van der Waals surface area contributed by atoms with E-state index in [1.54, 1.807) is 36.4 Å². The molecule has 200 valence electrons. The van der Waals surface area contributed by atoms with Gasteiger partial charge in [-0.1, -0.05) is 30.3 Å². The van der Waals surface area contributed by atoms with Crippen molar-refractivity contribution in [3.8, 4) is 11.4 Å². The zero-order chi connectivity index (χ0) is 28.0. The molecule has 0 aliphatic carbocycles. The number of aromatic nitrogens is 2. The highest BCUT2D eigenvalue weighted by Gasteiger charge is 2.71. The van der Waals surface area contributed by atoms with Crippen molar-refractivity contribution in [2.75, 3.05) is 12.8 Å². The number of hydrogen-bond donors (Lipinski definition) is 2. The first-order chi connectivity index (χ1) is 17.7. The molecule has 0 spiro atoms. The molecule has 0 saturated heterocycles. The first-order valence-electron chi connectivity index (χ1n) is 11.1. The minimum Gasteiger partial charge on any atom is -0.497 e. The molecule has 0 fully saturated rings. The van der Waals surface area contributed by atoms with Crippen LogP contribution in [-0.4, -0.2) is 34.1 Å². The van der Waals surface area contributed by atoms with Gasteiger partial charge in [0.05, 0.1) is 23.7 Å². The fourth-order valence-electron chi connectivity index (χ4n) is 4.13. The molecule has 12 heteroatoms. The summed E-state index contributed by atoms with van der Waals surface area (Å²) in [5.41, 5.74) is -1.71. The first-order valence-corrected chi connectivity index (χ1v) is 11.1. The number of halogens is 6. The molecule has 3 aromatic carbocycles. The lowest BCUT2D eigenvalue weighted by molar-refractivity contribution is -0.376. The van der Waals surface area contributed by atoms with Crippen LogP contribution in [0.4, 0.5) is 32.0 Å². The van der Waals surface area contributed by atoms with Crippen molar-refractivity contribution in [1.82, 2.24) is 9.55 Å². The minimum atomic E-state index is -6.14. The van der Waals surface area contributed by atoms with E-state index in [0.29, 0.717) is 17.7 Å². The van der Waals surface area contributed by atoms with Gasteiger partial charge in [-0.2, -0.15) is 26.3 Å². The van der Waals surface area contributed by atoms with Crippen LogP contribution in [0.25, 0.3) is 16.6 Å². The lowest BCUT2D eigenvalue weighted by atomic mass is 9.90. The Morgan fingerprint density at radius 3 is 2.18 bits per heavy atom. The Balaban J connectivity index is 2.10. The summed E-state index contributed by atoms with van der Waals surface area (Å²) in [6.45, 7) is 1.34. The molecule has 6 nitrogen and oxygen atoms in total. The highest BCUT2D eigenvalue weighted by molar-refractivity contribution is 5.80. The predicted octanol–water partition coefficient (Wildman–Crippen LogP) is 5.19. The second-order valence-electron chi connectivity index (χ2n) is 8.63. The average molecular weight is 537 g/mol. The highest BCUT2D eigenvalue weighted by atomic mass is 19.4. The van der Waals surface area contributed by atoms with Gasteiger partial charge in [0.2, 0.25) is 0 Å². The minimum absolute atomic E-state index is 0.00440. The molecule has 0 atom stereocenters. The topological polar surface area (TPSA) is 90.4 Å². The smallest absolute Gasteiger partial charge is 0.430 e. The zero-order valence-electron chi connectivity index (χ0n) is 20.0. The van der Waals surface area contributed by atoms with Crippen molar-refractivity contribution >= 4 is 16.6 Å². The second-order valence-corrected chi connectivity index (χ2v) is 8.63. The van der Waals surface area contributed by atoms with Gasteiger partial charge in [0.15, 0.2) is 0 Å². The second kappa shape index (κ2) is 9.35. The molecule has 1 heterocycles. The van der Waals surface area contributed by atoms with Gasteiger partial charge >= 0.3 is 12.4 Å². The summed E-state index contributed by atoms with van der Waals surface area (Å²) in [6.07, 6.45) is -12.3. The van der Waals surface area contributed by atoms with Crippen LogP contribution in [0.1, 0.15) is 22.5 Å². The summed E-state index contributed by atoms with van der Waals surface area (Å²) in [5, 5.41) is 10.0. The molecular formula is C26H21F6N3O3. The monoisotopic (exact) mass is 537 g/mol. The molecule has 4 aromatic rings. The number of anilines is 1. The third-order valence-corrected chi connectivity index (χ3v) is 6.25. The van der Waals surface area contributed by atoms with Crippen molar-refractivity contribution in [1.29, 1.82) is 0 Å². The van der Waals surface area contributed by atoms with Crippen LogP contribution < -0.4 is 16.0 Å². The largest absolute Gasteiger partial charge is 0.497 e. The molecule has 1 aromatic heterocycles. The summed E-state index contributed by atoms with van der Waals surface area (Å²) >= 11 is 0. The van der Waals surface area contributed by atoms with Crippen LogP contribution in [0.15, 0.2) is 65.5 Å². The zero-order valence-corrected chi connectivity index (χ0v) is 20.0. The number of ether oxygens (including phenoxy) is 1. The maximum absolute atomic E-state index is 13.7. The Morgan fingerprint density at radius 2 is 1.61 bits per heavy atom. The van der Waals surface area contributed by atoms with Crippen LogP contribution in [0.5, 0.6) is 5.75 Å². The lowest BCUT2D eigenvalue weighted by Gasteiger charge is -2.33. The van der Waals surface area contributed by atoms with Gasteiger partial charge in [-0.3, -0.25) is 9.36 Å². The van der Waals surface area contributed by atoms with Gasteiger partial charge in [-0.25, -0.2) is 4.98 Å². The lowest BCUT2D eigenvalue weighted by Crippen LogP contribution is -2.54. The van der Waals surface area contributed by atoms with Crippen LogP contribution in [0.2, 0.25) is 0 Å². The van der Waals surface area contributed by atoms with Crippen LogP contribution in [0.3, 0.4) is 0 Å². The molecule has 0 saturated carbocycles. The number of rotatable bonds is 5. The van der Waals surface area contributed by atoms with E-state index in [4.69, 9.17) is 10.5 Å². The Labute approximate surface area is 211 Å². The third-order valence-electron chi connectivity index (χ3n) is 6.25. The molecule has 0 bridgehead atoms. The normalized spacial score (nSPS) is 12.7. The number of nitrogens with zero attached hydrogens (tertiary/aromatic N) is 2. The Morgan fingerprint density at radius 1 is 0.974 bits per heavy atom. The molecule has 38 heavy (non-hydrogen) atoms. The van der Waals surface area contributed by atoms with Gasteiger partial charge in [-0.05, 0) is 48.4 Å². The van der Waals surface area contributed by atoms with E-state index < -0.39 is 34.8 Å². The van der Waals surface area contributed by atoms with Gasteiger partial charge in [0.25, 0.3) is 11.2 Å². The van der Waals surface area contributed by atoms with Crippen molar-refractivity contribution in [3.05, 3.63) is 93.5 Å². The number of alkyl halides is 6. The van der Waals surface area contributed by atoms with E-state index in [-0.39, 0.29) is 40.1 Å². The summed E-state index contributed by atoms with van der Waals surface area (Å²) in [7, 11) is 1.36. The molecule has 3 N–H and O–H groups in total. The van der Waals surface area contributed by atoms with Gasteiger partial charge in [0, 0.05) is 17.7 Å². The van der Waals surface area contributed by atoms with E-state index in [2.05, 4.69) is 4.98 Å². The molecular weight excluding hydrogens is 516 g/mol. The predicted molar refractivity (Wildman–Crippen MR) is 128 cm³/mol. The highest BCUT2D eigenvalue weighted by Crippen LogP contribution is 2.51. The maximum atomic E-state index is 13.7. The average Bonchev–Trinajstić information content (AvgIpc) is 2.85. The maximum Gasteiger partial charge on any atom is 0.430 e. The van der Waals surface area contributed by atoms with E-state index >= 15 is 0 Å². The number of nitrogen functional groups attached to an aromatic ring is 1. The molecule has 0 radical (unpaired) electrons. The van der Waals surface area contributed by atoms with Crippen LogP contribution >= 0.6 is 0 Å². The number of fused-ring (bicyclic) bond motifs is 1. The van der Waals surface area contributed by atoms with E-state index in [1.165, 1.54) is 26.2 Å². The quantitative estimate of drug-likeness (QED) is 0.270. The summed E-state index contributed by atoms with van der Waals surface area (Å²) < 4.78 is 88.2. The van der Waals surface area contributed by atoms with Gasteiger partial charge in [-0.15, -0.1) is 0 Å². The molecule has 4 rings (SSSR count). The van der Waals surface area contributed by atoms with Crippen molar-refractivity contribution in [2.45, 2.75) is 31.3 Å². The Hall–Kier alpha value is -4.06. The van der Waals surface area contributed by atoms with Gasteiger partial charge in [0.1, 0.15) is 11.6 Å². The molecule has 0 aliphatic rings. The number of hydrogen-bond acceptors (Lipinski definition) is 5. The Kier molecular flexibility index (Phi) is 6.64. The van der Waals surface area contributed by atoms with E-state index in [9.17, 15) is 36.2 Å². The standard InChI is InChI=1S/C26H21F6N3O3/c1-14-19(33)11-16(24(37,25(27,28)29)26(30,31)32)12-21(14)35-22(10-15-6-4-3-5-7-15)34-20-9-8-17(38-2)13-18(20)23(35)36/h3-9,11-13,37H,10,33H2,1-2H3. The fourth-order valence-corrected chi connectivity index (χ4v) is 4.13. The number of nitrogens with two attached hydrogens (primary N) is 1. The van der Waals surface area contributed by atoms with Crippen molar-refractivity contribution in [3.63, 3.8) is 0 Å². The fraction of sp³-hybridized carbons (Fsp3) is 0.231. The SMILES string of the molecule is COc1ccc2nc(Cc3ccccc3)n(-c3cc(C(O)(C(F)(F)F)C(F)(F)F)cc(N)c3C)c(=O)c2c1. The number of benzene rings is 3. The van der Waals surface area contributed by atoms with E-state index in [0.717, 1.165) is 4.57 Å². The van der Waals surface area contributed by atoms with Crippen molar-refractivity contribution < 1.29 is 36.2 Å². The van der Waals surface area contributed by atoms with Crippen molar-refractivity contribution in [2.24, 2.45) is 0 Å². The van der Waals surface area contributed by atoms with Gasteiger partial charge < -0.3 is 15.6 Å². The van der Waals surface area contributed by atoms with E-state index in [1.807, 2.05) is 0 Å². The first kappa shape index (κ1) is 27.0. The van der Waals surface area contributed by atoms with Crippen LogP contribution in [-0.2, 0) is 12.0 Å². The number of aliphatic hydroxyl groups is 1. The summed E-state index contributed by atoms with van der Waals surface area (Å²) in [5.74, 6) is 0.313. The molecule has 0 amide bonds. The third kappa shape index (κ3) is 4.44. The van der Waals surface area contributed by atoms with Crippen LogP contribution in [0, 0.1) is 6.92 Å². The number of methoxy groups -OCH3 is 1. The summed E-state index contributed by atoms with van der Waals surface area (Å²) in [6, 6.07) is 13.9. The summed E-state index contributed by atoms with van der Waals surface area (Å²) in [4.78, 5) is 18.2. The molecule has 0 unspecified atom stereocenters.